The number of aliphatic hydroxyl groups is 3. The summed E-state index contributed by atoms with van der Waals surface area (Å²) >= 11 is 0. The fourth-order valence-electron chi connectivity index (χ4n) is 4.92. The van der Waals surface area contributed by atoms with Crippen LogP contribution in [0.1, 0.15) is 31.4 Å². The lowest BCUT2D eigenvalue weighted by molar-refractivity contribution is -0.336. The van der Waals surface area contributed by atoms with E-state index in [2.05, 4.69) is 6.58 Å². The fourth-order valence-corrected chi connectivity index (χ4v) is 4.92. The van der Waals surface area contributed by atoms with E-state index in [4.69, 9.17) is 18.9 Å². The Morgan fingerprint density at radius 2 is 1.89 bits per heavy atom. The van der Waals surface area contributed by atoms with E-state index in [1.165, 1.54) is 7.11 Å². The van der Waals surface area contributed by atoms with Crippen LogP contribution in [-0.2, 0) is 9.47 Å². The molecule has 1 aromatic rings. The van der Waals surface area contributed by atoms with Crippen molar-refractivity contribution in [2.75, 3.05) is 21.3 Å². The molecule has 1 saturated carbocycles. The highest BCUT2D eigenvalue weighted by atomic mass is 16.7. The van der Waals surface area contributed by atoms with Crippen molar-refractivity contribution in [2.24, 2.45) is 11.3 Å². The average molecular weight is 394 g/mol. The molecule has 1 heterocycles. The molecule has 7 heteroatoms. The maximum Gasteiger partial charge on any atom is 0.201 e. The molecule has 0 aromatic heterocycles. The van der Waals surface area contributed by atoms with Gasteiger partial charge in [-0.25, -0.2) is 0 Å². The van der Waals surface area contributed by atoms with E-state index in [-0.39, 0.29) is 5.92 Å². The lowest BCUT2D eigenvalue weighted by Crippen LogP contribution is -2.67. The van der Waals surface area contributed by atoms with E-state index in [1.807, 2.05) is 13.0 Å². The first-order valence-electron chi connectivity index (χ1n) is 9.41. The molecule has 7 nitrogen and oxygen atoms in total. The van der Waals surface area contributed by atoms with Crippen molar-refractivity contribution >= 4 is 0 Å². The molecule has 3 N–H and O–H groups in total. The van der Waals surface area contributed by atoms with Gasteiger partial charge in [0.25, 0.3) is 0 Å². The molecular weight excluding hydrogens is 364 g/mol. The standard InChI is InChI=1S/C21H30O7/c1-6-9-20-11-16(27-5)17(22)19(23)21(20,24)28-18(12(20)2)13-7-8-14(25-3)15(10-13)26-4/h6-8,10,12,16-19,22-24H,1,9,11H2,2-5H3/t12-,16-,17+,18-,19+,20-,21+/m0/s1. The largest absolute Gasteiger partial charge is 0.493 e. The highest BCUT2D eigenvalue weighted by Crippen LogP contribution is 2.63. The Morgan fingerprint density at radius 3 is 2.46 bits per heavy atom. The fraction of sp³-hybridized carbons (Fsp3) is 0.619. The van der Waals surface area contributed by atoms with Crippen molar-refractivity contribution in [3.05, 3.63) is 36.4 Å². The molecule has 7 atom stereocenters. The van der Waals surface area contributed by atoms with E-state index >= 15 is 0 Å². The Balaban J connectivity index is 2.08. The van der Waals surface area contributed by atoms with Gasteiger partial charge in [-0.2, -0.15) is 0 Å². The summed E-state index contributed by atoms with van der Waals surface area (Å²) < 4.78 is 22.2. The molecule has 28 heavy (non-hydrogen) atoms. The van der Waals surface area contributed by atoms with Crippen molar-refractivity contribution in [1.82, 2.24) is 0 Å². The van der Waals surface area contributed by atoms with Crippen LogP contribution in [0.25, 0.3) is 0 Å². The van der Waals surface area contributed by atoms with Crippen molar-refractivity contribution < 1.29 is 34.3 Å². The molecular formula is C21H30O7. The Kier molecular flexibility index (Phi) is 5.76. The number of allylic oxidation sites excluding steroid dienone is 1. The number of hydrogen-bond donors (Lipinski definition) is 3. The number of ether oxygens (including phenoxy) is 4. The third-order valence-corrected chi connectivity index (χ3v) is 6.56. The zero-order valence-corrected chi connectivity index (χ0v) is 16.8. The minimum absolute atomic E-state index is 0.201. The van der Waals surface area contributed by atoms with Gasteiger partial charge in [-0.15, -0.1) is 6.58 Å². The minimum Gasteiger partial charge on any atom is -0.493 e. The van der Waals surface area contributed by atoms with Gasteiger partial charge in [0.05, 0.1) is 26.4 Å². The monoisotopic (exact) mass is 394 g/mol. The lowest BCUT2D eigenvalue weighted by atomic mass is 9.58. The molecule has 0 unspecified atom stereocenters. The topological polar surface area (TPSA) is 97.6 Å². The third-order valence-electron chi connectivity index (χ3n) is 6.56. The molecule has 1 saturated heterocycles. The summed E-state index contributed by atoms with van der Waals surface area (Å²) in [6, 6.07) is 5.43. The normalized spacial score (nSPS) is 40.0. The first-order chi connectivity index (χ1) is 13.3. The van der Waals surface area contributed by atoms with Crippen LogP contribution in [0.5, 0.6) is 11.5 Å². The van der Waals surface area contributed by atoms with Crippen LogP contribution in [0.3, 0.4) is 0 Å². The first kappa shape index (κ1) is 21.1. The summed E-state index contributed by atoms with van der Waals surface area (Å²) in [5.41, 5.74) is -0.0848. The van der Waals surface area contributed by atoms with Crippen molar-refractivity contribution in [3.8, 4) is 11.5 Å². The summed E-state index contributed by atoms with van der Waals surface area (Å²) in [6.07, 6.45) is -1.48. The third kappa shape index (κ3) is 2.84. The molecule has 1 aliphatic heterocycles. The zero-order chi connectivity index (χ0) is 20.7. The molecule has 156 valence electrons. The first-order valence-corrected chi connectivity index (χ1v) is 9.41. The minimum atomic E-state index is -1.94. The number of aliphatic hydroxyl groups excluding tert-OH is 2. The molecule has 1 aromatic carbocycles. The Bertz CT molecular complexity index is 723. The van der Waals surface area contributed by atoms with Crippen LogP contribution in [0.4, 0.5) is 0 Å². The highest BCUT2D eigenvalue weighted by molar-refractivity contribution is 5.44. The van der Waals surface area contributed by atoms with E-state index in [0.717, 1.165) is 5.56 Å². The van der Waals surface area contributed by atoms with Gasteiger partial charge in [0.1, 0.15) is 12.2 Å². The maximum absolute atomic E-state index is 11.5. The second kappa shape index (κ2) is 7.65. The molecule has 0 bridgehead atoms. The van der Waals surface area contributed by atoms with E-state index < -0.39 is 35.6 Å². The number of methoxy groups -OCH3 is 3. The predicted molar refractivity (Wildman–Crippen MR) is 102 cm³/mol. The highest BCUT2D eigenvalue weighted by Gasteiger charge is 2.71. The number of fused-ring (bicyclic) bond motifs is 1. The lowest BCUT2D eigenvalue weighted by Gasteiger charge is -2.52. The van der Waals surface area contributed by atoms with Crippen LogP contribution in [0.2, 0.25) is 0 Å². The average Bonchev–Trinajstić information content (AvgIpc) is 2.93. The van der Waals surface area contributed by atoms with Crippen molar-refractivity contribution in [3.63, 3.8) is 0 Å². The number of rotatable bonds is 6. The van der Waals surface area contributed by atoms with Gasteiger partial charge in [-0.05, 0) is 36.5 Å². The van der Waals surface area contributed by atoms with Gasteiger partial charge in [-0.1, -0.05) is 19.1 Å². The second-order valence-electron chi connectivity index (χ2n) is 7.70. The summed E-state index contributed by atoms with van der Waals surface area (Å²) in [4.78, 5) is 0. The van der Waals surface area contributed by atoms with Crippen molar-refractivity contribution in [2.45, 2.75) is 50.0 Å². The van der Waals surface area contributed by atoms with Crippen LogP contribution in [-0.4, -0.2) is 60.7 Å². The Morgan fingerprint density at radius 1 is 1.21 bits per heavy atom. The van der Waals surface area contributed by atoms with E-state index in [1.54, 1.807) is 32.4 Å². The summed E-state index contributed by atoms with van der Waals surface area (Å²) in [5, 5.41) is 32.7. The molecule has 2 aliphatic rings. The summed E-state index contributed by atoms with van der Waals surface area (Å²) in [5.74, 6) is -1.00. The quantitative estimate of drug-likeness (QED) is 0.633. The molecule has 0 spiro atoms. The predicted octanol–water partition coefficient (Wildman–Crippen LogP) is 1.80. The van der Waals surface area contributed by atoms with Gasteiger partial charge in [0.2, 0.25) is 5.79 Å². The summed E-state index contributed by atoms with van der Waals surface area (Å²) in [7, 11) is 4.60. The van der Waals surface area contributed by atoms with Crippen LogP contribution < -0.4 is 9.47 Å². The van der Waals surface area contributed by atoms with Crippen molar-refractivity contribution in [1.29, 1.82) is 0 Å². The Labute approximate surface area is 165 Å². The zero-order valence-electron chi connectivity index (χ0n) is 16.8. The van der Waals surface area contributed by atoms with Gasteiger partial charge in [-0.3, -0.25) is 0 Å². The molecule has 0 radical (unpaired) electrons. The molecule has 1 aliphatic carbocycles. The SMILES string of the molecule is C=CC[C@@]12C[C@H](OC)[C@@H](O)[C@@H](O)[C@@]1(O)O[C@H](c1ccc(OC)c(OC)c1)[C@@H]2C. The second-order valence-corrected chi connectivity index (χ2v) is 7.70. The van der Waals surface area contributed by atoms with Crippen LogP contribution in [0.15, 0.2) is 30.9 Å². The molecule has 2 fully saturated rings. The van der Waals surface area contributed by atoms with Crippen LogP contribution in [0, 0.1) is 11.3 Å². The van der Waals surface area contributed by atoms with Gasteiger partial charge in [0.15, 0.2) is 11.5 Å². The maximum atomic E-state index is 11.5. The number of hydrogen-bond acceptors (Lipinski definition) is 7. The van der Waals surface area contributed by atoms with Gasteiger partial charge >= 0.3 is 0 Å². The smallest absolute Gasteiger partial charge is 0.201 e. The van der Waals surface area contributed by atoms with Gasteiger partial charge < -0.3 is 34.3 Å². The Hall–Kier alpha value is -1.64. The van der Waals surface area contributed by atoms with Gasteiger partial charge in [0, 0.05) is 12.5 Å². The molecule has 3 rings (SSSR count). The van der Waals surface area contributed by atoms with E-state index in [9.17, 15) is 15.3 Å². The number of benzene rings is 1. The van der Waals surface area contributed by atoms with E-state index in [0.29, 0.717) is 24.3 Å². The summed E-state index contributed by atoms with van der Waals surface area (Å²) in [6.45, 7) is 5.80. The van der Waals surface area contributed by atoms with Crippen LogP contribution >= 0.6 is 0 Å². The molecule has 0 amide bonds.